The van der Waals surface area contributed by atoms with E-state index in [0.717, 1.165) is 11.4 Å². The van der Waals surface area contributed by atoms with Gasteiger partial charge in [-0.2, -0.15) is 0 Å². The van der Waals surface area contributed by atoms with Crippen molar-refractivity contribution in [1.82, 2.24) is 20.5 Å². The summed E-state index contributed by atoms with van der Waals surface area (Å²) in [4.78, 5) is 16.3. The molecule has 8 nitrogen and oxygen atoms in total. The highest BCUT2D eigenvalue weighted by atomic mass is 16.5. The minimum atomic E-state index is -0.314. The number of ether oxygens (including phenoxy) is 2. The maximum atomic E-state index is 12.1. The lowest BCUT2D eigenvalue weighted by Crippen LogP contribution is -2.24. The van der Waals surface area contributed by atoms with Gasteiger partial charge in [-0.15, -0.1) is 10.2 Å². The molecule has 0 bridgehead atoms. The maximum Gasteiger partial charge on any atom is 0.272 e. The zero-order valence-corrected chi connectivity index (χ0v) is 15.0. The normalized spacial score (nSPS) is 10.1. The Morgan fingerprint density at radius 2 is 1.85 bits per heavy atom. The highest BCUT2D eigenvalue weighted by Gasteiger charge is 2.09. The van der Waals surface area contributed by atoms with E-state index in [1.165, 1.54) is 0 Å². The van der Waals surface area contributed by atoms with Crippen LogP contribution in [0, 0.1) is 0 Å². The topological polar surface area (TPSA) is 98.3 Å². The Labute approximate surface area is 156 Å². The van der Waals surface area contributed by atoms with Crippen molar-refractivity contribution in [2.75, 3.05) is 19.5 Å². The first-order valence-electron chi connectivity index (χ1n) is 8.20. The summed E-state index contributed by atoms with van der Waals surface area (Å²) < 4.78 is 10.5. The van der Waals surface area contributed by atoms with Crippen LogP contribution in [0.3, 0.4) is 0 Å². The molecule has 0 saturated heterocycles. The molecule has 0 fully saturated rings. The Bertz CT molecular complexity index is 901. The van der Waals surface area contributed by atoms with Crippen LogP contribution >= 0.6 is 0 Å². The van der Waals surface area contributed by atoms with E-state index >= 15 is 0 Å². The number of methoxy groups -OCH3 is 2. The third kappa shape index (κ3) is 4.69. The number of benzene rings is 1. The molecule has 0 unspecified atom stereocenters. The van der Waals surface area contributed by atoms with E-state index < -0.39 is 0 Å². The van der Waals surface area contributed by atoms with Gasteiger partial charge in [0.1, 0.15) is 0 Å². The molecule has 0 radical (unpaired) electrons. The Balaban J connectivity index is 1.62. The average molecular weight is 365 g/mol. The number of hydrogen-bond donors (Lipinski definition) is 2. The molecule has 0 aliphatic rings. The fraction of sp³-hybridized carbons (Fsp3) is 0.158. The number of nitrogens with one attached hydrogen (secondary N) is 2. The highest BCUT2D eigenvalue weighted by molar-refractivity contribution is 5.92. The van der Waals surface area contributed by atoms with Crippen LogP contribution in [0.1, 0.15) is 16.2 Å². The standard InChI is InChI=1S/C19H19N5O3/c1-26-16-8-6-13(11-17(16)27-2)22-18-9-7-15(23-24-18)19(25)21-12-14-5-3-4-10-20-14/h3-11H,12H2,1-2H3,(H,21,25)(H,22,24). The van der Waals surface area contributed by atoms with E-state index in [-0.39, 0.29) is 11.6 Å². The second-order valence-electron chi connectivity index (χ2n) is 5.50. The third-order valence-electron chi connectivity index (χ3n) is 3.71. The zero-order chi connectivity index (χ0) is 19.1. The lowest BCUT2D eigenvalue weighted by molar-refractivity contribution is 0.0944. The Morgan fingerprint density at radius 3 is 2.52 bits per heavy atom. The SMILES string of the molecule is COc1ccc(Nc2ccc(C(=O)NCc3ccccn3)nn2)cc1OC. The molecule has 2 N–H and O–H groups in total. The first-order chi connectivity index (χ1) is 13.2. The molecule has 138 valence electrons. The van der Waals surface area contributed by atoms with Gasteiger partial charge in [-0.25, -0.2) is 0 Å². The molecule has 3 rings (SSSR count). The number of amides is 1. The molecule has 2 aromatic heterocycles. The van der Waals surface area contributed by atoms with Gasteiger partial charge in [0.05, 0.1) is 26.5 Å². The van der Waals surface area contributed by atoms with Crippen molar-refractivity contribution in [1.29, 1.82) is 0 Å². The molecule has 1 aromatic carbocycles. The summed E-state index contributed by atoms with van der Waals surface area (Å²) in [6.45, 7) is 0.326. The van der Waals surface area contributed by atoms with Gasteiger partial charge in [0.25, 0.3) is 5.91 Å². The van der Waals surface area contributed by atoms with Crippen molar-refractivity contribution in [3.63, 3.8) is 0 Å². The van der Waals surface area contributed by atoms with Crippen molar-refractivity contribution >= 4 is 17.4 Å². The van der Waals surface area contributed by atoms with Crippen molar-refractivity contribution in [3.8, 4) is 11.5 Å². The van der Waals surface area contributed by atoms with Gasteiger partial charge < -0.3 is 20.1 Å². The lowest BCUT2D eigenvalue weighted by Gasteiger charge is -2.10. The quantitative estimate of drug-likeness (QED) is 0.664. The number of aromatic nitrogens is 3. The fourth-order valence-corrected chi connectivity index (χ4v) is 2.35. The van der Waals surface area contributed by atoms with Crippen molar-refractivity contribution in [2.45, 2.75) is 6.54 Å². The molecule has 0 aliphatic heterocycles. The van der Waals surface area contributed by atoms with E-state index in [4.69, 9.17) is 9.47 Å². The van der Waals surface area contributed by atoms with Crippen LogP contribution in [-0.2, 0) is 6.54 Å². The summed E-state index contributed by atoms with van der Waals surface area (Å²) in [6, 6.07) is 14.2. The average Bonchev–Trinajstić information content (AvgIpc) is 2.73. The van der Waals surface area contributed by atoms with Gasteiger partial charge >= 0.3 is 0 Å². The number of anilines is 2. The minimum absolute atomic E-state index is 0.226. The fourth-order valence-electron chi connectivity index (χ4n) is 2.35. The summed E-state index contributed by atoms with van der Waals surface area (Å²) in [7, 11) is 3.15. The molecule has 0 spiro atoms. The molecule has 0 atom stereocenters. The molecule has 27 heavy (non-hydrogen) atoms. The molecule has 0 saturated carbocycles. The van der Waals surface area contributed by atoms with Crippen LogP contribution in [0.4, 0.5) is 11.5 Å². The van der Waals surface area contributed by atoms with Crippen LogP contribution in [-0.4, -0.2) is 35.3 Å². The minimum Gasteiger partial charge on any atom is -0.493 e. The summed E-state index contributed by atoms with van der Waals surface area (Å²) >= 11 is 0. The summed E-state index contributed by atoms with van der Waals surface area (Å²) in [6.07, 6.45) is 1.68. The zero-order valence-electron chi connectivity index (χ0n) is 15.0. The largest absolute Gasteiger partial charge is 0.493 e. The van der Waals surface area contributed by atoms with Crippen molar-refractivity contribution < 1.29 is 14.3 Å². The Morgan fingerprint density at radius 1 is 1.00 bits per heavy atom. The smallest absolute Gasteiger partial charge is 0.272 e. The van der Waals surface area contributed by atoms with Crippen molar-refractivity contribution in [3.05, 3.63) is 66.1 Å². The van der Waals surface area contributed by atoms with E-state index in [9.17, 15) is 4.79 Å². The van der Waals surface area contributed by atoms with E-state index in [0.29, 0.717) is 23.9 Å². The first-order valence-corrected chi connectivity index (χ1v) is 8.20. The Hall–Kier alpha value is -3.68. The maximum absolute atomic E-state index is 12.1. The number of carbonyl (C=O) groups excluding carboxylic acids is 1. The van der Waals surface area contributed by atoms with Gasteiger partial charge in [-0.1, -0.05) is 6.07 Å². The summed E-state index contributed by atoms with van der Waals surface area (Å²) in [5.41, 5.74) is 1.75. The third-order valence-corrected chi connectivity index (χ3v) is 3.71. The van der Waals surface area contributed by atoms with Crippen LogP contribution < -0.4 is 20.1 Å². The molecule has 0 aliphatic carbocycles. The molecule has 3 aromatic rings. The van der Waals surface area contributed by atoms with Gasteiger partial charge in [0.2, 0.25) is 0 Å². The molecule has 8 heteroatoms. The van der Waals surface area contributed by atoms with E-state index in [2.05, 4.69) is 25.8 Å². The molecular weight excluding hydrogens is 346 g/mol. The number of hydrogen-bond acceptors (Lipinski definition) is 7. The van der Waals surface area contributed by atoms with Gasteiger partial charge in [-0.3, -0.25) is 9.78 Å². The molecule has 2 heterocycles. The Kier molecular flexibility index (Phi) is 5.78. The number of pyridine rings is 1. The van der Waals surface area contributed by atoms with Crippen LogP contribution in [0.5, 0.6) is 11.5 Å². The monoisotopic (exact) mass is 365 g/mol. The second-order valence-corrected chi connectivity index (χ2v) is 5.50. The summed E-state index contributed by atoms with van der Waals surface area (Å²) in [5, 5.41) is 13.9. The van der Waals surface area contributed by atoms with Gasteiger partial charge in [-0.05, 0) is 36.4 Å². The predicted molar refractivity (Wildman–Crippen MR) is 100 cm³/mol. The number of rotatable bonds is 7. The number of carbonyl (C=O) groups is 1. The summed E-state index contributed by atoms with van der Waals surface area (Å²) in [5.74, 6) is 1.42. The number of nitrogens with zero attached hydrogens (tertiary/aromatic N) is 3. The van der Waals surface area contributed by atoms with E-state index in [1.807, 2.05) is 24.3 Å². The van der Waals surface area contributed by atoms with Crippen molar-refractivity contribution in [2.24, 2.45) is 0 Å². The van der Waals surface area contributed by atoms with Gasteiger partial charge in [0.15, 0.2) is 23.0 Å². The molecule has 1 amide bonds. The van der Waals surface area contributed by atoms with Crippen LogP contribution in [0.2, 0.25) is 0 Å². The van der Waals surface area contributed by atoms with Gasteiger partial charge in [0, 0.05) is 18.0 Å². The first kappa shape index (κ1) is 18.1. The van der Waals surface area contributed by atoms with Crippen LogP contribution in [0.15, 0.2) is 54.7 Å². The van der Waals surface area contributed by atoms with E-state index in [1.54, 1.807) is 44.7 Å². The lowest BCUT2D eigenvalue weighted by atomic mass is 10.2. The highest BCUT2D eigenvalue weighted by Crippen LogP contribution is 2.30. The molecular formula is C19H19N5O3. The van der Waals surface area contributed by atoms with Crippen LogP contribution in [0.25, 0.3) is 0 Å². The second kappa shape index (κ2) is 8.61. The predicted octanol–water partition coefficient (Wildman–Crippen LogP) is 2.56.